The van der Waals surface area contributed by atoms with Crippen LogP contribution in [0.1, 0.15) is 44.7 Å². The zero-order valence-corrected chi connectivity index (χ0v) is 19.7. The topological polar surface area (TPSA) is 51.1 Å². The van der Waals surface area contributed by atoms with Gasteiger partial charge >= 0.3 is 0 Å². The van der Waals surface area contributed by atoms with Crippen LogP contribution < -0.4 is 9.47 Å². The van der Waals surface area contributed by atoms with Crippen molar-refractivity contribution >= 4 is 34.6 Å². The van der Waals surface area contributed by atoms with Gasteiger partial charge in [-0.3, -0.25) is 9.69 Å². The second-order valence-corrected chi connectivity index (χ2v) is 8.54. The molecule has 5 nitrogen and oxygen atoms in total. The highest BCUT2D eigenvalue weighted by Gasteiger charge is 2.36. The number of hydrogen-bond acceptors (Lipinski definition) is 5. The molecule has 164 valence electrons. The molecule has 0 unspecified atom stereocenters. The molecular weight excluding hydrogens is 408 g/mol. The van der Waals surface area contributed by atoms with Gasteiger partial charge in [-0.15, -0.1) is 0 Å². The fraction of sp³-hybridized carbons (Fsp3) is 0.360. The van der Waals surface area contributed by atoms with Crippen molar-refractivity contribution in [2.24, 2.45) is 4.99 Å². The van der Waals surface area contributed by atoms with Crippen molar-refractivity contribution in [1.82, 2.24) is 4.90 Å². The van der Waals surface area contributed by atoms with E-state index in [1.54, 1.807) is 12.0 Å². The first-order chi connectivity index (χ1) is 15.0. The third kappa shape index (κ3) is 5.50. The molecule has 6 heteroatoms. The van der Waals surface area contributed by atoms with Crippen LogP contribution in [0.25, 0.3) is 6.08 Å². The molecule has 3 rings (SSSR count). The van der Waals surface area contributed by atoms with E-state index in [1.807, 2.05) is 55.5 Å². The number of methoxy groups -OCH3 is 1. The molecular formula is C25H30N2O3S. The van der Waals surface area contributed by atoms with Gasteiger partial charge in [-0.1, -0.05) is 37.6 Å². The third-order valence-corrected chi connectivity index (χ3v) is 6.06. The van der Waals surface area contributed by atoms with Crippen molar-refractivity contribution < 1.29 is 14.3 Å². The highest BCUT2D eigenvalue weighted by molar-refractivity contribution is 8.18. The number of ether oxygens (including phenoxy) is 2. The zero-order chi connectivity index (χ0) is 22.4. The Hall–Kier alpha value is -2.73. The fourth-order valence-corrected chi connectivity index (χ4v) is 4.21. The lowest BCUT2D eigenvalue weighted by molar-refractivity contribution is -0.123. The fourth-order valence-electron chi connectivity index (χ4n) is 3.12. The largest absolute Gasteiger partial charge is 0.493 e. The number of benzene rings is 2. The zero-order valence-electron chi connectivity index (χ0n) is 18.8. The maximum atomic E-state index is 13.2. The van der Waals surface area contributed by atoms with E-state index < -0.39 is 0 Å². The number of nitrogens with zero attached hydrogens (tertiary/aromatic N) is 2. The molecule has 2 aromatic carbocycles. The first kappa shape index (κ1) is 22.9. The average Bonchev–Trinajstić information content (AvgIpc) is 3.08. The van der Waals surface area contributed by atoms with Crippen LogP contribution in [-0.2, 0) is 4.79 Å². The van der Waals surface area contributed by atoms with Crippen molar-refractivity contribution in [2.45, 2.75) is 46.6 Å². The number of carbonyl (C=O) groups excluding carboxylic acids is 1. The Morgan fingerprint density at radius 3 is 2.52 bits per heavy atom. The van der Waals surface area contributed by atoms with Crippen LogP contribution in [0.2, 0.25) is 0 Å². The van der Waals surface area contributed by atoms with Crippen LogP contribution in [0.4, 0.5) is 5.69 Å². The van der Waals surface area contributed by atoms with E-state index in [0.717, 1.165) is 24.1 Å². The number of amides is 1. The number of carbonyl (C=O) groups is 1. The summed E-state index contributed by atoms with van der Waals surface area (Å²) in [5, 5.41) is 0.712. The Morgan fingerprint density at radius 2 is 1.87 bits per heavy atom. The van der Waals surface area contributed by atoms with Gasteiger partial charge in [0.2, 0.25) is 0 Å². The molecule has 0 saturated carbocycles. The van der Waals surface area contributed by atoms with E-state index in [-0.39, 0.29) is 11.9 Å². The highest BCUT2D eigenvalue weighted by atomic mass is 32.2. The lowest BCUT2D eigenvalue weighted by Crippen LogP contribution is -2.36. The standard InChI is InChI=1S/C25H30N2O3S/c1-6-14-30-21-13-10-19(15-22(21)29-5)16-23-24(28)27(18(4)7-2)25(31-23)26-20-11-8-17(3)9-12-20/h8-13,15-16,18H,6-7,14H2,1-5H3/b23-16+,26-25?/t18-/m0/s1. The number of thioether (sulfide) groups is 1. The molecule has 1 atom stereocenters. The minimum absolute atomic E-state index is 0.0181. The predicted molar refractivity (Wildman–Crippen MR) is 129 cm³/mol. The SMILES string of the molecule is CCCOc1ccc(/C=C2/SC(=Nc3ccc(C)cc3)N([C@@H](C)CC)C2=O)cc1OC. The van der Waals surface area contributed by atoms with Crippen LogP contribution >= 0.6 is 11.8 Å². The van der Waals surface area contributed by atoms with Gasteiger partial charge in [0.25, 0.3) is 5.91 Å². The predicted octanol–water partition coefficient (Wildman–Crippen LogP) is 6.19. The molecule has 1 saturated heterocycles. The Labute approximate surface area is 189 Å². The van der Waals surface area contributed by atoms with Crippen LogP contribution in [0.5, 0.6) is 11.5 Å². The van der Waals surface area contributed by atoms with Gasteiger partial charge in [0.15, 0.2) is 16.7 Å². The summed E-state index contributed by atoms with van der Waals surface area (Å²) in [5.74, 6) is 1.35. The molecule has 1 fully saturated rings. The highest BCUT2D eigenvalue weighted by Crippen LogP contribution is 2.37. The van der Waals surface area contributed by atoms with Crippen LogP contribution in [0.3, 0.4) is 0 Å². The van der Waals surface area contributed by atoms with Crippen LogP contribution in [0, 0.1) is 6.92 Å². The molecule has 31 heavy (non-hydrogen) atoms. The summed E-state index contributed by atoms with van der Waals surface area (Å²) in [5.41, 5.74) is 2.91. The van der Waals surface area contributed by atoms with Gasteiger partial charge in [0.05, 0.1) is 24.3 Å². The lowest BCUT2D eigenvalue weighted by Gasteiger charge is -2.22. The molecule has 0 N–H and O–H groups in total. The number of aryl methyl sites for hydroxylation is 1. The molecule has 1 amide bonds. The summed E-state index contributed by atoms with van der Waals surface area (Å²) < 4.78 is 11.2. The molecule has 0 aliphatic carbocycles. The van der Waals surface area contributed by atoms with Crippen molar-refractivity contribution in [3.05, 3.63) is 58.5 Å². The minimum Gasteiger partial charge on any atom is -0.493 e. The Balaban J connectivity index is 1.93. The van der Waals surface area contributed by atoms with Crippen molar-refractivity contribution in [2.75, 3.05) is 13.7 Å². The van der Waals surface area contributed by atoms with Crippen molar-refractivity contribution in [3.8, 4) is 11.5 Å². The van der Waals surface area contributed by atoms with Crippen LogP contribution in [0.15, 0.2) is 52.4 Å². The first-order valence-corrected chi connectivity index (χ1v) is 11.5. The van der Waals surface area contributed by atoms with E-state index in [1.165, 1.54) is 17.3 Å². The first-order valence-electron chi connectivity index (χ1n) is 10.7. The van der Waals surface area contributed by atoms with Gasteiger partial charge in [-0.05, 0) is 74.4 Å². The van der Waals surface area contributed by atoms with Gasteiger partial charge in [-0.25, -0.2) is 4.99 Å². The normalized spacial score (nSPS) is 17.5. The van der Waals surface area contributed by atoms with E-state index in [2.05, 4.69) is 20.8 Å². The van der Waals surface area contributed by atoms with Gasteiger partial charge < -0.3 is 9.47 Å². The van der Waals surface area contributed by atoms with Crippen molar-refractivity contribution in [3.63, 3.8) is 0 Å². The van der Waals surface area contributed by atoms with Crippen LogP contribution in [-0.4, -0.2) is 35.7 Å². The summed E-state index contributed by atoms with van der Waals surface area (Å²) in [7, 11) is 1.62. The molecule has 0 spiro atoms. The Kier molecular flexibility index (Phi) is 7.80. The van der Waals surface area contributed by atoms with Gasteiger partial charge in [0, 0.05) is 6.04 Å². The smallest absolute Gasteiger partial charge is 0.266 e. The summed E-state index contributed by atoms with van der Waals surface area (Å²) in [6.07, 6.45) is 3.67. The lowest BCUT2D eigenvalue weighted by atomic mass is 10.1. The monoisotopic (exact) mass is 438 g/mol. The number of aliphatic imine (C=N–C) groups is 1. The quantitative estimate of drug-likeness (QED) is 0.461. The molecule has 1 aliphatic heterocycles. The second-order valence-electron chi connectivity index (χ2n) is 7.53. The minimum atomic E-state index is -0.0181. The molecule has 1 heterocycles. The van der Waals surface area contributed by atoms with Gasteiger partial charge in [0.1, 0.15) is 0 Å². The maximum absolute atomic E-state index is 13.2. The molecule has 0 aromatic heterocycles. The molecule has 0 radical (unpaired) electrons. The Bertz CT molecular complexity index is 983. The van der Waals surface area contributed by atoms with Gasteiger partial charge in [-0.2, -0.15) is 0 Å². The number of hydrogen-bond donors (Lipinski definition) is 0. The Morgan fingerprint density at radius 1 is 1.13 bits per heavy atom. The average molecular weight is 439 g/mol. The van der Waals surface area contributed by atoms with E-state index >= 15 is 0 Å². The van der Waals surface area contributed by atoms with Crippen molar-refractivity contribution in [1.29, 1.82) is 0 Å². The molecule has 0 bridgehead atoms. The van der Waals surface area contributed by atoms with E-state index in [9.17, 15) is 4.79 Å². The van der Waals surface area contributed by atoms with E-state index in [4.69, 9.17) is 14.5 Å². The maximum Gasteiger partial charge on any atom is 0.266 e. The number of rotatable bonds is 8. The summed E-state index contributed by atoms with van der Waals surface area (Å²) in [4.78, 5) is 20.4. The second kappa shape index (κ2) is 10.5. The third-order valence-electron chi connectivity index (χ3n) is 5.07. The summed E-state index contributed by atoms with van der Waals surface area (Å²) in [6.45, 7) is 8.87. The molecule has 1 aliphatic rings. The summed E-state index contributed by atoms with van der Waals surface area (Å²) in [6, 6.07) is 13.8. The summed E-state index contributed by atoms with van der Waals surface area (Å²) >= 11 is 1.41. The molecule has 2 aromatic rings. The van der Waals surface area contributed by atoms with E-state index in [0.29, 0.717) is 28.2 Å². The number of amidine groups is 1.